The Balaban J connectivity index is 2.06. The third-order valence-corrected chi connectivity index (χ3v) is 3.51. The topological polar surface area (TPSA) is 102 Å². The van der Waals surface area contributed by atoms with Gasteiger partial charge < -0.3 is 14.6 Å². The molecule has 2 rings (SSSR count). The van der Waals surface area contributed by atoms with Crippen LogP contribution < -0.4 is 0 Å². The van der Waals surface area contributed by atoms with Gasteiger partial charge in [-0.2, -0.15) is 8.42 Å². The number of rotatable bonds is 3. The van der Waals surface area contributed by atoms with E-state index in [1.807, 2.05) is 0 Å². The standard InChI is InChI=1S/C9H15NO7S/c1-18(13,14)17-5-7-9(6-10(7)8(11)12)15-3-2-4-16-9/h7H,2-6H2,1H3,(H,11,12). The van der Waals surface area contributed by atoms with Gasteiger partial charge in [0.1, 0.15) is 6.04 Å². The second kappa shape index (κ2) is 4.65. The van der Waals surface area contributed by atoms with Crippen LogP contribution in [-0.4, -0.2) is 69.0 Å². The molecule has 8 nitrogen and oxygen atoms in total. The van der Waals surface area contributed by atoms with Crippen LogP contribution >= 0.6 is 0 Å². The molecule has 2 aliphatic heterocycles. The van der Waals surface area contributed by atoms with Gasteiger partial charge in [-0.1, -0.05) is 0 Å². The fraction of sp³-hybridized carbons (Fsp3) is 0.889. The maximum absolute atomic E-state index is 11.0. The molecular weight excluding hydrogens is 266 g/mol. The zero-order valence-electron chi connectivity index (χ0n) is 9.87. The Morgan fingerprint density at radius 1 is 1.50 bits per heavy atom. The van der Waals surface area contributed by atoms with Crippen molar-refractivity contribution in [3.05, 3.63) is 0 Å². The maximum atomic E-state index is 11.0. The quantitative estimate of drug-likeness (QED) is 0.693. The van der Waals surface area contributed by atoms with Crippen LogP contribution in [0.2, 0.25) is 0 Å². The summed E-state index contributed by atoms with van der Waals surface area (Å²) in [5.41, 5.74) is 0. The number of likely N-dealkylation sites (tertiary alicyclic amines) is 1. The van der Waals surface area contributed by atoms with Crippen molar-refractivity contribution in [3.8, 4) is 0 Å². The normalized spacial score (nSPS) is 26.9. The van der Waals surface area contributed by atoms with Crippen molar-refractivity contribution < 1.29 is 32.0 Å². The second-order valence-electron chi connectivity index (χ2n) is 4.28. The average molecular weight is 281 g/mol. The molecule has 9 heteroatoms. The smallest absolute Gasteiger partial charge is 0.408 e. The van der Waals surface area contributed by atoms with Gasteiger partial charge >= 0.3 is 6.09 Å². The van der Waals surface area contributed by atoms with Gasteiger partial charge in [0.25, 0.3) is 10.1 Å². The Kier molecular flexibility index (Phi) is 3.49. The third kappa shape index (κ3) is 2.58. The molecule has 1 amide bonds. The highest BCUT2D eigenvalue weighted by Gasteiger charge is 2.58. The Hall–Kier alpha value is -0.900. The van der Waals surface area contributed by atoms with Crippen LogP contribution in [0.25, 0.3) is 0 Å². The number of hydrogen-bond donors (Lipinski definition) is 1. The second-order valence-corrected chi connectivity index (χ2v) is 5.92. The number of carboxylic acid groups (broad SMARTS) is 1. The Bertz CT molecular complexity index is 428. The molecule has 1 unspecified atom stereocenters. The van der Waals surface area contributed by atoms with E-state index in [0.29, 0.717) is 13.2 Å². The predicted molar refractivity (Wildman–Crippen MR) is 58.6 cm³/mol. The highest BCUT2D eigenvalue weighted by molar-refractivity contribution is 7.85. The minimum atomic E-state index is -3.63. The van der Waals surface area contributed by atoms with E-state index in [4.69, 9.17) is 14.6 Å². The number of carbonyl (C=O) groups is 1. The molecule has 1 spiro atoms. The van der Waals surface area contributed by atoms with Crippen LogP contribution in [0, 0.1) is 0 Å². The van der Waals surface area contributed by atoms with Gasteiger partial charge in [0.2, 0.25) is 5.79 Å². The highest BCUT2D eigenvalue weighted by atomic mass is 32.2. The lowest BCUT2D eigenvalue weighted by Gasteiger charge is -2.55. The molecule has 2 saturated heterocycles. The lowest BCUT2D eigenvalue weighted by molar-refractivity contribution is -0.344. The van der Waals surface area contributed by atoms with Gasteiger partial charge in [-0.3, -0.25) is 9.08 Å². The first kappa shape index (κ1) is 13.5. The molecule has 0 saturated carbocycles. The molecule has 2 heterocycles. The van der Waals surface area contributed by atoms with Crippen LogP contribution in [0.1, 0.15) is 6.42 Å². The summed E-state index contributed by atoms with van der Waals surface area (Å²) < 4.78 is 37.5. The molecule has 0 aromatic carbocycles. The molecule has 0 radical (unpaired) electrons. The first-order valence-corrected chi connectivity index (χ1v) is 7.28. The van der Waals surface area contributed by atoms with Crippen molar-refractivity contribution in [1.82, 2.24) is 4.90 Å². The summed E-state index contributed by atoms with van der Waals surface area (Å²) in [5, 5.41) is 8.96. The molecule has 1 atom stereocenters. The highest BCUT2D eigenvalue weighted by Crippen LogP contribution is 2.37. The Morgan fingerprint density at radius 2 is 2.11 bits per heavy atom. The van der Waals surface area contributed by atoms with Gasteiger partial charge in [0.15, 0.2) is 0 Å². The molecule has 0 aliphatic carbocycles. The number of nitrogens with zero attached hydrogens (tertiary/aromatic N) is 1. The van der Waals surface area contributed by atoms with Gasteiger partial charge in [0, 0.05) is 0 Å². The first-order valence-electron chi connectivity index (χ1n) is 5.46. The van der Waals surface area contributed by atoms with E-state index in [1.54, 1.807) is 0 Å². The molecule has 0 aromatic rings. The van der Waals surface area contributed by atoms with E-state index in [-0.39, 0.29) is 13.2 Å². The van der Waals surface area contributed by atoms with Crippen molar-refractivity contribution in [1.29, 1.82) is 0 Å². The summed E-state index contributed by atoms with van der Waals surface area (Å²) in [5.74, 6) is -1.05. The lowest BCUT2D eigenvalue weighted by atomic mass is 9.95. The van der Waals surface area contributed by atoms with E-state index < -0.39 is 28.0 Å². The van der Waals surface area contributed by atoms with Crippen LogP contribution in [-0.2, 0) is 23.8 Å². The largest absolute Gasteiger partial charge is 0.465 e. The van der Waals surface area contributed by atoms with Crippen LogP contribution in [0.15, 0.2) is 0 Å². The average Bonchev–Trinajstić information content (AvgIpc) is 2.25. The first-order chi connectivity index (χ1) is 8.34. The van der Waals surface area contributed by atoms with E-state index in [2.05, 4.69) is 4.18 Å². The summed E-state index contributed by atoms with van der Waals surface area (Å²) >= 11 is 0. The molecule has 0 aromatic heterocycles. The van der Waals surface area contributed by atoms with Gasteiger partial charge in [0.05, 0.1) is 32.6 Å². The molecule has 1 N–H and O–H groups in total. The summed E-state index contributed by atoms with van der Waals surface area (Å²) in [6, 6.07) is -0.759. The fourth-order valence-corrected chi connectivity index (χ4v) is 2.43. The van der Waals surface area contributed by atoms with Crippen molar-refractivity contribution in [3.63, 3.8) is 0 Å². The minimum absolute atomic E-state index is 0.0696. The number of amides is 1. The lowest BCUT2D eigenvalue weighted by Crippen LogP contribution is -2.75. The molecule has 0 bridgehead atoms. The van der Waals surface area contributed by atoms with E-state index in [9.17, 15) is 13.2 Å². The number of ether oxygens (including phenoxy) is 2. The molecular formula is C9H15NO7S. The predicted octanol–water partition coefficient (Wildman–Crippen LogP) is -0.542. The fourth-order valence-electron chi connectivity index (χ4n) is 2.06. The van der Waals surface area contributed by atoms with E-state index in [1.165, 1.54) is 0 Å². The number of hydrogen-bond acceptors (Lipinski definition) is 6. The molecule has 2 fully saturated rings. The summed E-state index contributed by atoms with van der Waals surface area (Å²) in [6.45, 7) is 0.691. The van der Waals surface area contributed by atoms with Crippen molar-refractivity contribution in [2.75, 3.05) is 32.6 Å². The zero-order chi connectivity index (χ0) is 13.4. The summed E-state index contributed by atoms with van der Waals surface area (Å²) in [7, 11) is -3.63. The minimum Gasteiger partial charge on any atom is -0.465 e. The van der Waals surface area contributed by atoms with Crippen LogP contribution in [0.3, 0.4) is 0 Å². The summed E-state index contributed by atoms with van der Waals surface area (Å²) in [4.78, 5) is 12.0. The Morgan fingerprint density at radius 3 is 2.61 bits per heavy atom. The summed E-state index contributed by atoms with van der Waals surface area (Å²) in [6.07, 6.45) is 0.487. The van der Waals surface area contributed by atoms with Gasteiger partial charge in [-0.15, -0.1) is 0 Å². The van der Waals surface area contributed by atoms with Crippen LogP contribution in [0.4, 0.5) is 4.79 Å². The SMILES string of the molecule is CS(=O)(=O)OCC1N(C(=O)O)CC12OCCCO2. The zero-order valence-corrected chi connectivity index (χ0v) is 10.7. The van der Waals surface area contributed by atoms with Crippen molar-refractivity contribution in [2.24, 2.45) is 0 Å². The van der Waals surface area contributed by atoms with Crippen molar-refractivity contribution >= 4 is 16.2 Å². The van der Waals surface area contributed by atoms with E-state index in [0.717, 1.165) is 17.6 Å². The third-order valence-electron chi connectivity index (χ3n) is 2.94. The van der Waals surface area contributed by atoms with Gasteiger partial charge in [-0.25, -0.2) is 4.79 Å². The van der Waals surface area contributed by atoms with E-state index >= 15 is 0 Å². The molecule has 104 valence electrons. The van der Waals surface area contributed by atoms with Crippen molar-refractivity contribution in [2.45, 2.75) is 18.2 Å². The molecule has 18 heavy (non-hydrogen) atoms. The Labute approximate surface area is 105 Å². The monoisotopic (exact) mass is 281 g/mol. The van der Waals surface area contributed by atoms with Crippen LogP contribution in [0.5, 0.6) is 0 Å². The maximum Gasteiger partial charge on any atom is 0.408 e. The van der Waals surface area contributed by atoms with Gasteiger partial charge in [-0.05, 0) is 6.42 Å². The molecule has 2 aliphatic rings.